The predicted octanol–water partition coefficient (Wildman–Crippen LogP) is 4.63. The van der Waals surface area contributed by atoms with Crippen LogP contribution in [0.4, 0.5) is 20.6 Å². The van der Waals surface area contributed by atoms with Gasteiger partial charge < -0.3 is 4.74 Å². The van der Waals surface area contributed by atoms with E-state index in [0.29, 0.717) is 16.0 Å². The number of benzene rings is 3. The molecule has 0 aliphatic carbocycles. The van der Waals surface area contributed by atoms with Gasteiger partial charge in [0.25, 0.3) is 17.5 Å². The molecule has 9 nitrogen and oxygen atoms in total. The van der Waals surface area contributed by atoms with Crippen LogP contribution in [0.25, 0.3) is 6.08 Å². The molecule has 176 valence electrons. The number of nitrogens with one attached hydrogen (secondary N) is 1. The maximum absolute atomic E-state index is 13.8. The van der Waals surface area contributed by atoms with Crippen LogP contribution >= 0.6 is 11.6 Å². The number of non-ortho nitro benzene ring substituents is 1. The molecule has 1 heterocycles. The van der Waals surface area contributed by atoms with Crippen molar-refractivity contribution in [2.24, 2.45) is 0 Å². The van der Waals surface area contributed by atoms with E-state index >= 15 is 0 Å². The van der Waals surface area contributed by atoms with Gasteiger partial charge >= 0.3 is 6.03 Å². The van der Waals surface area contributed by atoms with Gasteiger partial charge in [0.2, 0.25) is 0 Å². The third kappa shape index (κ3) is 5.02. The minimum atomic E-state index is -1.03. The van der Waals surface area contributed by atoms with Gasteiger partial charge in [-0.2, -0.15) is 0 Å². The first-order chi connectivity index (χ1) is 16.7. The number of nitro benzene ring substituents is 1. The molecular formula is C24H15ClFN3O6. The van der Waals surface area contributed by atoms with E-state index in [2.05, 4.69) is 0 Å². The van der Waals surface area contributed by atoms with E-state index in [1.165, 1.54) is 48.5 Å². The maximum atomic E-state index is 13.8. The summed E-state index contributed by atoms with van der Waals surface area (Å²) in [5, 5.41) is 13.2. The second kappa shape index (κ2) is 9.74. The van der Waals surface area contributed by atoms with Gasteiger partial charge in [0.05, 0.1) is 15.6 Å². The number of anilines is 1. The van der Waals surface area contributed by atoms with E-state index in [9.17, 15) is 28.9 Å². The van der Waals surface area contributed by atoms with Gasteiger partial charge in [0.1, 0.15) is 23.7 Å². The molecule has 1 N–H and O–H groups in total. The predicted molar refractivity (Wildman–Crippen MR) is 124 cm³/mol. The zero-order chi connectivity index (χ0) is 25.1. The van der Waals surface area contributed by atoms with Gasteiger partial charge in [-0.3, -0.25) is 25.0 Å². The number of nitrogens with zero attached hydrogens (tertiary/aromatic N) is 2. The number of urea groups is 1. The van der Waals surface area contributed by atoms with Crippen LogP contribution in [-0.2, 0) is 16.2 Å². The molecule has 1 aliphatic heterocycles. The third-order valence-corrected chi connectivity index (χ3v) is 5.30. The molecule has 1 saturated heterocycles. The number of nitro groups is 1. The molecule has 4 amide bonds. The van der Waals surface area contributed by atoms with E-state index in [0.717, 1.165) is 6.07 Å². The zero-order valence-corrected chi connectivity index (χ0v) is 18.5. The molecule has 35 heavy (non-hydrogen) atoms. The molecule has 3 aromatic carbocycles. The van der Waals surface area contributed by atoms with E-state index in [-0.39, 0.29) is 34.3 Å². The van der Waals surface area contributed by atoms with Crippen LogP contribution < -0.4 is 15.0 Å². The first-order valence-corrected chi connectivity index (χ1v) is 10.4. The second-order valence-electron chi connectivity index (χ2n) is 7.30. The monoisotopic (exact) mass is 495 g/mol. The highest BCUT2D eigenvalue weighted by atomic mass is 35.5. The molecule has 3 aromatic rings. The van der Waals surface area contributed by atoms with E-state index in [1.54, 1.807) is 18.2 Å². The van der Waals surface area contributed by atoms with Gasteiger partial charge in [0.15, 0.2) is 0 Å². The Morgan fingerprint density at radius 3 is 2.54 bits per heavy atom. The second-order valence-corrected chi connectivity index (χ2v) is 7.71. The number of amides is 4. The first kappa shape index (κ1) is 23.6. The molecule has 4 rings (SSSR count). The number of barbiturate groups is 1. The average Bonchev–Trinajstić information content (AvgIpc) is 2.82. The van der Waals surface area contributed by atoms with Gasteiger partial charge in [0, 0.05) is 17.7 Å². The van der Waals surface area contributed by atoms with Crippen LogP contribution in [0, 0.1) is 15.9 Å². The molecule has 0 aromatic heterocycles. The van der Waals surface area contributed by atoms with E-state index < -0.39 is 28.6 Å². The Morgan fingerprint density at radius 2 is 1.83 bits per heavy atom. The van der Waals surface area contributed by atoms with Crippen LogP contribution in [0.3, 0.4) is 0 Å². The topological polar surface area (TPSA) is 119 Å². The molecular weight excluding hydrogens is 481 g/mol. The Kier molecular flexibility index (Phi) is 6.56. The molecule has 1 aliphatic rings. The van der Waals surface area contributed by atoms with Crippen LogP contribution in [0.15, 0.2) is 72.3 Å². The minimum absolute atomic E-state index is 0.0615. The number of hydrogen-bond donors (Lipinski definition) is 1. The van der Waals surface area contributed by atoms with Crippen LogP contribution in [0.2, 0.25) is 5.02 Å². The Bertz CT molecular complexity index is 1410. The largest absolute Gasteiger partial charge is 0.487 e. The fraction of sp³-hybridized carbons (Fsp3) is 0.0417. The number of carbonyl (C=O) groups excluding carboxylic acids is 3. The number of imide groups is 2. The first-order valence-electron chi connectivity index (χ1n) is 10.1. The lowest BCUT2D eigenvalue weighted by Crippen LogP contribution is -2.54. The summed E-state index contributed by atoms with van der Waals surface area (Å²) in [5.74, 6) is -2.06. The zero-order valence-electron chi connectivity index (χ0n) is 17.7. The maximum Gasteiger partial charge on any atom is 0.335 e. The van der Waals surface area contributed by atoms with Crippen molar-refractivity contribution in [3.8, 4) is 5.75 Å². The molecule has 0 bridgehead atoms. The van der Waals surface area contributed by atoms with Crippen molar-refractivity contribution >= 4 is 46.9 Å². The van der Waals surface area contributed by atoms with Crippen molar-refractivity contribution in [3.63, 3.8) is 0 Å². The van der Waals surface area contributed by atoms with Gasteiger partial charge in [-0.05, 0) is 35.9 Å². The van der Waals surface area contributed by atoms with Crippen molar-refractivity contribution in [3.05, 3.63) is 104 Å². The fourth-order valence-electron chi connectivity index (χ4n) is 3.30. The van der Waals surface area contributed by atoms with Crippen LogP contribution in [0.1, 0.15) is 11.1 Å². The van der Waals surface area contributed by atoms with E-state index in [1.807, 2.05) is 5.32 Å². The number of ether oxygens (including phenoxy) is 1. The van der Waals surface area contributed by atoms with Crippen molar-refractivity contribution < 1.29 is 28.4 Å². The molecule has 0 radical (unpaired) electrons. The Hall–Kier alpha value is -4.57. The Morgan fingerprint density at radius 1 is 1.06 bits per heavy atom. The van der Waals surface area contributed by atoms with Gasteiger partial charge in [-0.15, -0.1) is 0 Å². The normalized spacial score (nSPS) is 14.7. The van der Waals surface area contributed by atoms with E-state index in [4.69, 9.17) is 16.3 Å². The summed E-state index contributed by atoms with van der Waals surface area (Å²) in [6.45, 7) is -0.0615. The van der Waals surface area contributed by atoms with Crippen LogP contribution in [-0.4, -0.2) is 22.8 Å². The molecule has 1 fully saturated rings. The Labute approximate surface area is 202 Å². The fourth-order valence-corrected chi connectivity index (χ4v) is 3.54. The third-order valence-electron chi connectivity index (χ3n) is 5.01. The molecule has 0 spiro atoms. The number of carbonyl (C=O) groups is 3. The number of hydrogen-bond acceptors (Lipinski definition) is 6. The Balaban J connectivity index is 1.58. The summed E-state index contributed by atoms with van der Waals surface area (Å²) < 4.78 is 19.3. The lowest BCUT2D eigenvalue weighted by molar-refractivity contribution is -0.384. The number of rotatable bonds is 6. The van der Waals surface area contributed by atoms with Crippen molar-refractivity contribution in [2.45, 2.75) is 6.61 Å². The van der Waals surface area contributed by atoms with Crippen molar-refractivity contribution in [1.29, 1.82) is 0 Å². The highest BCUT2D eigenvalue weighted by molar-refractivity contribution is 6.39. The van der Waals surface area contributed by atoms with Gasteiger partial charge in [-0.1, -0.05) is 41.9 Å². The summed E-state index contributed by atoms with van der Waals surface area (Å²) in [7, 11) is 0. The lowest BCUT2D eigenvalue weighted by atomic mass is 10.1. The molecule has 0 unspecified atom stereocenters. The van der Waals surface area contributed by atoms with Gasteiger partial charge in [-0.25, -0.2) is 14.1 Å². The summed E-state index contributed by atoms with van der Waals surface area (Å²) in [5.41, 5.74) is -0.101. The lowest BCUT2D eigenvalue weighted by Gasteiger charge is -2.26. The quantitative estimate of drug-likeness (QED) is 0.230. The summed E-state index contributed by atoms with van der Waals surface area (Å²) in [6, 6.07) is 14.4. The smallest absolute Gasteiger partial charge is 0.335 e. The SMILES string of the molecule is O=C1NC(=O)N(c2cccc([N+](=O)[O-])c2)C(=O)/C1=C/c1ccc(OCc2ccccc2F)c(Cl)c1. The average molecular weight is 496 g/mol. The highest BCUT2D eigenvalue weighted by Crippen LogP contribution is 2.29. The van der Waals surface area contributed by atoms with Crippen molar-refractivity contribution in [2.75, 3.05) is 4.90 Å². The minimum Gasteiger partial charge on any atom is -0.487 e. The highest BCUT2D eigenvalue weighted by Gasteiger charge is 2.37. The summed E-state index contributed by atoms with van der Waals surface area (Å²) in [4.78, 5) is 48.7. The molecule has 11 heteroatoms. The van der Waals surface area contributed by atoms with Crippen molar-refractivity contribution in [1.82, 2.24) is 5.32 Å². The molecule has 0 atom stereocenters. The number of halogens is 2. The summed E-state index contributed by atoms with van der Waals surface area (Å²) >= 11 is 6.26. The summed E-state index contributed by atoms with van der Waals surface area (Å²) in [6.07, 6.45) is 1.22. The standard InChI is InChI=1S/C24H15ClFN3O6/c25-19-11-14(8-9-21(19)35-13-15-4-1-2-7-20(15)26)10-18-22(30)27-24(32)28(23(18)31)16-5-3-6-17(12-16)29(33)34/h1-12H,13H2,(H,27,30,32)/b18-10+. The van der Waals surface area contributed by atoms with Crippen LogP contribution in [0.5, 0.6) is 5.75 Å². The molecule has 0 saturated carbocycles.